The Morgan fingerprint density at radius 2 is 1.50 bits per heavy atom. The molecule has 34 heavy (non-hydrogen) atoms. The van der Waals surface area contributed by atoms with Gasteiger partial charge in [0.15, 0.2) is 11.6 Å². The Morgan fingerprint density at radius 3 is 2.00 bits per heavy atom. The lowest BCUT2D eigenvalue weighted by Crippen LogP contribution is -2.33. The van der Waals surface area contributed by atoms with Gasteiger partial charge in [0.05, 0.1) is 6.67 Å². The molecule has 1 aliphatic rings. The van der Waals surface area contributed by atoms with Crippen molar-refractivity contribution in [3.05, 3.63) is 53.8 Å². The average molecular weight is 496 g/mol. The van der Waals surface area contributed by atoms with Crippen LogP contribution in [-0.2, 0) is 0 Å². The van der Waals surface area contributed by atoms with Crippen LogP contribution in [0, 0.1) is 29.3 Å². The fraction of sp³-hybridized carbons (Fsp3) is 0.520. The molecule has 0 saturated heterocycles. The van der Waals surface area contributed by atoms with E-state index in [1.54, 1.807) is 0 Å². The van der Waals surface area contributed by atoms with Gasteiger partial charge in [-0.2, -0.15) is 17.6 Å². The highest BCUT2D eigenvalue weighted by molar-refractivity contribution is 5.65. The molecule has 0 bridgehead atoms. The Hall–Kier alpha value is -2.32. The molecule has 2 aromatic rings. The zero-order valence-electron chi connectivity index (χ0n) is 18.8. The van der Waals surface area contributed by atoms with Crippen molar-refractivity contribution >= 4 is 0 Å². The molecule has 0 unspecified atom stereocenters. The quantitative estimate of drug-likeness (QED) is 0.332. The Bertz CT molecular complexity index is 880. The Labute approximate surface area is 194 Å². The van der Waals surface area contributed by atoms with Gasteiger partial charge in [-0.25, -0.2) is 13.2 Å². The van der Waals surface area contributed by atoms with Crippen molar-refractivity contribution < 1.29 is 39.9 Å². The van der Waals surface area contributed by atoms with Crippen LogP contribution in [0.25, 0.3) is 11.1 Å². The average Bonchev–Trinajstić information content (AvgIpc) is 2.77. The largest absolute Gasteiger partial charge is 0.461 e. The number of halogens is 8. The number of rotatable bonds is 8. The van der Waals surface area contributed by atoms with Gasteiger partial charge in [0.1, 0.15) is 11.6 Å². The van der Waals surface area contributed by atoms with E-state index < -0.39 is 35.7 Å². The van der Waals surface area contributed by atoms with E-state index in [-0.39, 0.29) is 17.8 Å². The highest BCUT2D eigenvalue weighted by atomic mass is 19.3. The lowest BCUT2D eigenvalue weighted by molar-refractivity contribution is -0.254. The molecule has 1 fully saturated rings. The van der Waals surface area contributed by atoms with Crippen LogP contribution in [0.1, 0.15) is 51.9 Å². The van der Waals surface area contributed by atoms with Crippen molar-refractivity contribution in [2.75, 3.05) is 6.67 Å². The van der Waals surface area contributed by atoms with Gasteiger partial charge < -0.3 is 4.74 Å². The summed E-state index contributed by atoms with van der Waals surface area (Å²) in [6.07, 6.45) is -0.176. The van der Waals surface area contributed by atoms with E-state index in [4.69, 9.17) is 0 Å². The lowest BCUT2D eigenvalue weighted by Gasteiger charge is -2.27. The Morgan fingerprint density at radius 1 is 0.882 bits per heavy atom. The summed E-state index contributed by atoms with van der Waals surface area (Å²) in [5.74, 6) is -2.67. The smallest absolute Gasteiger partial charge is 0.425 e. The molecule has 0 radical (unpaired) electrons. The van der Waals surface area contributed by atoms with E-state index >= 15 is 0 Å². The van der Waals surface area contributed by atoms with Crippen LogP contribution in [0.15, 0.2) is 36.4 Å². The minimum atomic E-state index is -4.86. The monoisotopic (exact) mass is 496 g/mol. The topological polar surface area (TPSA) is 9.23 Å². The second-order valence-corrected chi connectivity index (χ2v) is 8.39. The molecule has 0 atom stereocenters. The van der Waals surface area contributed by atoms with Gasteiger partial charge in [0.2, 0.25) is 0 Å². The summed E-state index contributed by atoms with van der Waals surface area (Å²) in [4.78, 5) is 0. The van der Waals surface area contributed by atoms with E-state index in [1.807, 2.05) is 0 Å². The Balaban J connectivity index is 0.000000287. The summed E-state index contributed by atoms with van der Waals surface area (Å²) >= 11 is 0. The van der Waals surface area contributed by atoms with E-state index in [9.17, 15) is 35.1 Å². The molecule has 3 rings (SSSR count). The van der Waals surface area contributed by atoms with Gasteiger partial charge >= 0.3 is 12.5 Å². The fourth-order valence-electron chi connectivity index (χ4n) is 4.04. The standard InChI is InChI=1S/C14H7F7O.C11H21F/c15-8-2-3-9(10(16)6-8)7-1-4-12(11(17)5-7)22-14(20,21)13(18)19;1-2-3-10-4-6-11(7-5-10)8-9-12/h1-6,13H;10-11H,2-9H2,1H3. The van der Waals surface area contributed by atoms with Crippen LogP contribution in [0.2, 0.25) is 0 Å². The van der Waals surface area contributed by atoms with E-state index in [1.165, 1.54) is 38.5 Å². The second kappa shape index (κ2) is 13.0. The molecule has 0 spiro atoms. The molecule has 9 heteroatoms. The first-order valence-electron chi connectivity index (χ1n) is 11.2. The summed E-state index contributed by atoms with van der Waals surface area (Å²) < 4.78 is 105. The summed E-state index contributed by atoms with van der Waals surface area (Å²) in [5.41, 5.74) is -0.282. The molecule has 190 valence electrons. The number of benzene rings is 2. The SMILES string of the molecule is CCCC1CCC(CCF)CC1.Fc1ccc(-c2ccc(OC(F)(F)C(F)F)c(F)c2)c(F)c1. The van der Waals surface area contributed by atoms with E-state index in [2.05, 4.69) is 11.7 Å². The number of hydrogen-bond donors (Lipinski definition) is 0. The van der Waals surface area contributed by atoms with Crippen LogP contribution in [0.4, 0.5) is 35.1 Å². The molecule has 1 aliphatic carbocycles. The van der Waals surface area contributed by atoms with Crippen molar-refractivity contribution in [1.82, 2.24) is 0 Å². The molecule has 0 heterocycles. The number of ether oxygens (including phenoxy) is 1. The highest BCUT2D eigenvalue weighted by Crippen LogP contribution is 2.34. The van der Waals surface area contributed by atoms with Crippen molar-refractivity contribution in [2.45, 2.75) is 64.4 Å². The van der Waals surface area contributed by atoms with Crippen LogP contribution >= 0.6 is 0 Å². The van der Waals surface area contributed by atoms with Crippen molar-refractivity contribution in [1.29, 1.82) is 0 Å². The molecule has 0 aliphatic heterocycles. The molecule has 0 aromatic heterocycles. The lowest BCUT2D eigenvalue weighted by atomic mass is 9.79. The summed E-state index contributed by atoms with van der Waals surface area (Å²) in [6.45, 7) is 2.15. The van der Waals surface area contributed by atoms with Crippen molar-refractivity contribution in [2.24, 2.45) is 11.8 Å². The van der Waals surface area contributed by atoms with Gasteiger partial charge in [0, 0.05) is 11.6 Å². The van der Waals surface area contributed by atoms with E-state index in [0.717, 1.165) is 30.5 Å². The molecule has 0 N–H and O–H groups in total. The zero-order valence-corrected chi connectivity index (χ0v) is 18.8. The van der Waals surface area contributed by atoms with Crippen molar-refractivity contribution in [3.8, 4) is 16.9 Å². The minimum absolute atomic E-state index is 0.0947. The third-order valence-corrected chi connectivity index (χ3v) is 5.85. The molecule has 1 nitrogen and oxygen atoms in total. The highest BCUT2D eigenvalue weighted by Gasteiger charge is 2.44. The van der Waals surface area contributed by atoms with Gasteiger partial charge in [-0.15, -0.1) is 0 Å². The van der Waals surface area contributed by atoms with Gasteiger partial charge in [-0.3, -0.25) is 4.39 Å². The van der Waals surface area contributed by atoms with Crippen molar-refractivity contribution in [3.63, 3.8) is 0 Å². The van der Waals surface area contributed by atoms with Crippen LogP contribution < -0.4 is 4.74 Å². The molecule has 1 saturated carbocycles. The van der Waals surface area contributed by atoms with E-state index in [0.29, 0.717) is 24.1 Å². The zero-order chi connectivity index (χ0) is 25.3. The van der Waals surface area contributed by atoms with Crippen LogP contribution in [0.5, 0.6) is 5.75 Å². The summed E-state index contributed by atoms with van der Waals surface area (Å²) in [6, 6.07) is 4.76. The van der Waals surface area contributed by atoms with Gasteiger partial charge in [-0.1, -0.05) is 51.5 Å². The summed E-state index contributed by atoms with van der Waals surface area (Å²) in [7, 11) is 0. The molecule has 0 amide bonds. The predicted molar refractivity (Wildman–Crippen MR) is 114 cm³/mol. The maximum absolute atomic E-state index is 13.6. The maximum Gasteiger partial charge on any atom is 0.461 e. The summed E-state index contributed by atoms with van der Waals surface area (Å²) in [5, 5.41) is 0. The minimum Gasteiger partial charge on any atom is -0.425 e. The second-order valence-electron chi connectivity index (χ2n) is 8.39. The normalized spacial score (nSPS) is 18.4. The fourth-order valence-corrected chi connectivity index (χ4v) is 4.04. The Kier molecular flexibility index (Phi) is 10.6. The third kappa shape index (κ3) is 8.17. The maximum atomic E-state index is 13.6. The van der Waals surface area contributed by atoms with Crippen LogP contribution in [-0.4, -0.2) is 19.2 Å². The first-order chi connectivity index (χ1) is 16.1. The number of alkyl halides is 5. The first kappa shape index (κ1) is 27.9. The first-order valence-corrected chi connectivity index (χ1v) is 11.2. The molecular weight excluding hydrogens is 468 g/mol. The third-order valence-electron chi connectivity index (χ3n) is 5.85. The predicted octanol–water partition coefficient (Wildman–Crippen LogP) is 8.96. The van der Waals surface area contributed by atoms with Crippen LogP contribution in [0.3, 0.4) is 0 Å². The van der Waals surface area contributed by atoms with Gasteiger partial charge in [0.25, 0.3) is 0 Å². The molecular formula is C25H28F8O. The number of hydrogen-bond acceptors (Lipinski definition) is 1. The molecule has 2 aromatic carbocycles. The van der Waals surface area contributed by atoms with Gasteiger partial charge in [-0.05, 0) is 48.1 Å².